The number of ether oxygens (including phenoxy) is 2. The number of aryl methyl sites for hydroxylation is 1. The second-order valence-electron chi connectivity index (χ2n) is 9.20. The molecule has 0 saturated heterocycles. The Morgan fingerprint density at radius 3 is 2.62 bits per heavy atom. The monoisotopic (exact) mass is 501 g/mol. The van der Waals surface area contributed by atoms with E-state index in [-0.39, 0.29) is 11.9 Å². The van der Waals surface area contributed by atoms with Gasteiger partial charge in [0.1, 0.15) is 17.4 Å². The number of hydrogen-bond donors (Lipinski definition) is 1. The first-order valence-corrected chi connectivity index (χ1v) is 12.8. The summed E-state index contributed by atoms with van der Waals surface area (Å²) in [5, 5.41) is 3.32. The summed E-state index contributed by atoms with van der Waals surface area (Å²) < 4.78 is 27.4. The summed E-state index contributed by atoms with van der Waals surface area (Å²) in [5.41, 5.74) is 4.45. The van der Waals surface area contributed by atoms with E-state index in [2.05, 4.69) is 21.8 Å². The molecule has 0 saturated carbocycles. The van der Waals surface area contributed by atoms with Crippen molar-refractivity contribution in [1.29, 1.82) is 0 Å². The molecule has 1 aliphatic rings. The molecule has 0 aliphatic carbocycles. The highest BCUT2D eigenvalue weighted by Crippen LogP contribution is 2.39. The quantitative estimate of drug-likeness (QED) is 0.252. The summed E-state index contributed by atoms with van der Waals surface area (Å²) in [6.45, 7) is 4.04. The summed E-state index contributed by atoms with van der Waals surface area (Å²) in [6, 6.07) is 16.4. The van der Waals surface area contributed by atoms with Gasteiger partial charge in [0.15, 0.2) is 0 Å². The number of anilines is 1. The number of unbranched alkanes of at least 4 members (excludes halogenated alkanes) is 1. The van der Waals surface area contributed by atoms with Crippen molar-refractivity contribution >= 4 is 5.95 Å². The van der Waals surface area contributed by atoms with Crippen LogP contribution < -0.4 is 10.1 Å². The van der Waals surface area contributed by atoms with Crippen LogP contribution in [0.4, 0.5) is 10.3 Å². The van der Waals surface area contributed by atoms with Gasteiger partial charge in [-0.05, 0) is 60.9 Å². The van der Waals surface area contributed by atoms with Gasteiger partial charge in [-0.3, -0.25) is 0 Å². The first-order valence-electron chi connectivity index (χ1n) is 12.8. The Bertz CT molecular complexity index is 1320. The van der Waals surface area contributed by atoms with Crippen LogP contribution in [0.1, 0.15) is 43.6 Å². The Hall–Kier alpha value is -3.78. The Balaban J connectivity index is 1.44. The van der Waals surface area contributed by atoms with Crippen LogP contribution in [0, 0.1) is 5.82 Å². The lowest BCUT2D eigenvalue weighted by Gasteiger charge is -2.18. The van der Waals surface area contributed by atoms with Gasteiger partial charge < -0.3 is 19.4 Å². The fraction of sp³-hybridized carbons (Fsp3) is 0.345. The van der Waals surface area contributed by atoms with Crippen molar-refractivity contribution in [1.82, 2.24) is 19.5 Å². The minimum absolute atomic E-state index is 0.122. The number of hydrogen-bond acceptors (Lipinski definition) is 6. The summed E-state index contributed by atoms with van der Waals surface area (Å²) in [7, 11) is 1.66. The molecule has 1 unspecified atom stereocenters. The largest absolute Gasteiger partial charge is 0.497 e. The third kappa shape index (κ3) is 5.64. The van der Waals surface area contributed by atoms with Crippen molar-refractivity contribution in [3.05, 3.63) is 78.0 Å². The molecule has 4 aromatic rings. The van der Waals surface area contributed by atoms with E-state index in [0.29, 0.717) is 19.2 Å². The van der Waals surface area contributed by atoms with Crippen LogP contribution in [0.3, 0.4) is 0 Å². The average Bonchev–Trinajstić information content (AvgIpc) is 3.50. The Morgan fingerprint density at radius 2 is 1.86 bits per heavy atom. The molecule has 2 aromatic carbocycles. The fourth-order valence-corrected chi connectivity index (χ4v) is 4.67. The average molecular weight is 502 g/mol. The van der Waals surface area contributed by atoms with Gasteiger partial charge in [-0.15, -0.1) is 0 Å². The van der Waals surface area contributed by atoms with E-state index in [1.807, 2.05) is 30.3 Å². The topological polar surface area (TPSA) is 74.1 Å². The van der Waals surface area contributed by atoms with E-state index in [0.717, 1.165) is 72.0 Å². The highest BCUT2D eigenvalue weighted by molar-refractivity contribution is 5.78. The van der Waals surface area contributed by atoms with Crippen LogP contribution in [0.15, 0.2) is 60.8 Å². The second kappa shape index (κ2) is 11.5. The van der Waals surface area contributed by atoms with Gasteiger partial charge in [-0.2, -0.15) is 0 Å². The van der Waals surface area contributed by atoms with Crippen molar-refractivity contribution in [2.45, 2.75) is 45.3 Å². The zero-order chi connectivity index (χ0) is 25.6. The van der Waals surface area contributed by atoms with E-state index < -0.39 is 0 Å². The normalized spacial score (nSPS) is 14.5. The number of imidazole rings is 1. The second-order valence-corrected chi connectivity index (χ2v) is 9.20. The lowest BCUT2D eigenvalue weighted by Crippen LogP contribution is -2.14. The zero-order valence-corrected chi connectivity index (χ0v) is 21.3. The van der Waals surface area contributed by atoms with Gasteiger partial charge in [0.25, 0.3) is 0 Å². The van der Waals surface area contributed by atoms with Crippen molar-refractivity contribution in [3.8, 4) is 28.4 Å². The van der Waals surface area contributed by atoms with Gasteiger partial charge in [-0.1, -0.05) is 25.5 Å². The standard InChI is InChI=1S/C29H32FN5O2/c1-3-4-16-31-29-32-17-15-25(33-29)28-27(21-7-9-22(30)10-8-21)34-26-14-11-23(35(26)28)19-37-18-20-5-12-24(36-2)13-6-20/h5-10,12-13,15,17,23H,3-4,11,14,16,18-19H2,1-2H3,(H,31,32,33). The number of methoxy groups -OCH3 is 1. The third-order valence-corrected chi connectivity index (χ3v) is 6.62. The minimum Gasteiger partial charge on any atom is -0.497 e. The number of rotatable bonds is 11. The fourth-order valence-electron chi connectivity index (χ4n) is 4.67. The molecule has 8 heteroatoms. The molecule has 1 aliphatic heterocycles. The van der Waals surface area contributed by atoms with E-state index in [1.165, 1.54) is 12.1 Å². The van der Waals surface area contributed by atoms with Crippen LogP contribution in [-0.2, 0) is 17.8 Å². The first-order chi connectivity index (χ1) is 18.2. The highest BCUT2D eigenvalue weighted by atomic mass is 19.1. The van der Waals surface area contributed by atoms with Gasteiger partial charge in [0.05, 0.1) is 43.4 Å². The molecule has 192 valence electrons. The molecule has 7 nitrogen and oxygen atoms in total. The van der Waals surface area contributed by atoms with Crippen LogP contribution in [0.5, 0.6) is 5.75 Å². The molecule has 1 N–H and O–H groups in total. The van der Waals surface area contributed by atoms with E-state index in [4.69, 9.17) is 19.4 Å². The van der Waals surface area contributed by atoms with E-state index >= 15 is 0 Å². The maximum Gasteiger partial charge on any atom is 0.223 e. The minimum atomic E-state index is -0.272. The first kappa shape index (κ1) is 24.9. The number of nitrogens with one attached hydrogen (secondary N) is 1. The molecule has 2 aromatic heterocycles. The smallest absolute Gasteiger partial charge is 0.223 e. The zero-order valence-electron chi connectivity index (χ0n) is 21.3. The molecule has 0 fully saturated rings. The predicted molar refractivity (Wildman–Crippen MR) is 142 cm³/mol. The number of aromatic nitrogens is 4. The molecule has 0 bridgehead atoms. The maximum absolute atomic E-state index is 13.7. The number of fused-ring (bicyclic) bond motifs is 1. The lowest BCUT2D eigenvalue weighted by atomic mass is 10.1. The molecule has 5 rings (SSSR count). The molecule has 0 amide bonds. The number of nitrogens with zero attached hydrogens (tertiary/aromatic N) is 4. The molecule has 0 spiro atoms. The van der Waals surface area contributed by atoms with E-state index in [1.54, 1.807) is 25.4 Å². The third-order valence-electron chi connectivity index (χ3n) is 6.62. The summed E-state index contributed by atoms with van der Waals surface area (Å²) in [4.78, 5) is 14.2. The SMILES string of the molecule is CCCCNc1nccc(-c2c(-c3ccc(F)cc3)nc3n2C(COCc2ccc(OC)cc2)CC3)n1. The summed E-state index contributed by atoms with van der Waals surface area (Å²) >= 11 is 0. The molecule has 0 radical (unpaired) electrons. The number of halogens is 1. The van der Waals surface area contributed by atoms with Gasteiger partial charge >= 0.3 is 0 Å². The maximum atomic E-state index is 13.7. The van der Waals surface area contributed by atoms with Crippen LogP contribution in [0.2, 0.25) is 0 Å². The van der Waals surface area contributed by atoms with Crippen LogP contribution >= 0.6 is 0 Å². The lowest BCUT2D eigenvalue weighted by molar-refractivity contribution is 0.0924. The van der Waals surface area contributed by atoms with Crippen molar-refractivity contribution in [3.63, 3.8) is 0 Å². The van der Waals surface area contributed by atoms with Gasteiger partial charge in [0, 0.05) is 24.7 Å². The summed E-state index contributed by atoms with van der Waals surface area (Å²) in [5.74, 6) is 2.14. The van der Waals surface area contributed by atoms with Crippen molar-refractivity contribution < 1.29 is 13.9 Å². The van der Waals surface area contributed by atoms with Crippen LogP contribution in [0.25, 0.3) is 22.6 Å². The number of benzene rings is 2. The van der Waals surface area contributed by atoms with Crippen LogP contribution in [-0.4, -0.2) is 39.8 Å². The molecule has 3 heterocycles. The van der Waals surface area contributed by atoms with Gasteiger partial charge in [-0.25, -0.2) is 19.3 Å². The Morgan fingerprint density at radius 1 is 1.05 bits per heavy atom. The molecule has 1 atom stereocenters. The molecular weight excluding hydrogens is 469 g/mol. The molecular formula is C29H32FN5O2. The summed E-state index contributed by atoms with van der Waals surface area (Å²) in [6.07, 6.45) is 5.70. The Labute approximate surface area is 216 Å². The van der Waals surface area contributed by atoms with Crippen molar-refractivity contribution in [2.75, 3.05) is 25.6 Å². The van der Waals surface area contributed by atoms with Crippen molar-refractivity contribution in [2.24, 2.45) is 0 Å². The molecule has 37 heavy (non-hydrogen) atoms. The predicted octanol–water partition coefficient (Wildman–Crippen LogP) is 6.07. The highest BCUT2D eigenvalue weighted by Gasteiger charge is 2.31. The Kier molecular flexibility index (Phi) is 7.75. The van der Waals surface area contributed by atoms with Gasteiger partial charge in [0.2, 0.25) is 5.95 Å². The van der Waals surface area contributed by atoms with E-state index in [9.17, 15) is 4.39 Å².